The van der Waals surface area contributed by atoms with Gasteiger partial charge in [0.25, 0.3) is 5.56 Å². The van der Waals surface area contributed by atoms with Crippen LogP contribution in [0.5, 0.6) is 0 Å². The summed E-state index contributed by atoms with van der Waals surface area (Å²) in [4.78, 5) is 43.7. The molecular formula is C29H23BrN2O6S. The Labute approximate surface area is 235 Å². The van der Waals surface area contributed by atoms with Crippen molar-refractivity contribution in [3.05, 3.63) is 113 Å². The molecule has 0 unspecified atom stereocenters. The minimum atomic E-state index is -0.691. The van der Waals surface area contributed by atoms with Crippen LogP contribution in [0.15, 0.2) is 90.6 Å². The molecule has 1 aliphatic rings. The smallest absolute Gasteiger partial charge is 0.338 e. The van der Waals surface area contributed by atoms with Gasteiger partial charge in [-0.15, -0.1) is 0 Å². The number of methoxy groups -OCH3 is 1. The molecular weight excluding hydrogens is 584 g/mol. The van der Waals surface area contributed by atoms with Gasteiger partial charge in [0.1, 0.15) is 11.5 Å². The Morgan fingerprint density at radius 3 is 2.62 bits per heavy atom. The fourth-order valence-electron chi connectivity index (χ4n) is 4.38. The van der Waals surface area contributed by atoms with E-state index in [9.17, 15) is 14.4 Å². The summed E-state index contributed by atoms with van der Waals surface area (Å²) >= 11 is 4.66. The third-order valence-corrected chi connectivity index (χ3v) is 7.68. The number of hydrogen-bond acceptors (Lipinski definition) is 8. The van der Waals surface area contributed by atoms with Crippen LogP contribution in [0.2, 0.25) is 0 Å². The van der Waals surface area contributed by atoms with Crippen LogP contribution in [0.1, 0.15) is 41.6 Å². The first kappa shape index (κ1) is 26.6. The Bertz CT molecular complexity index is 1800. The van der Waals surface area contributed by atoms with E-state index in [0.717, 1.165) is 10.0 Å². The minimum Gasteiger partial charge on any atom is -0.465 e. The van der Waals surface area contributed by atoms with E-state index in [1.807, 2.05) is 30.3 Å². The van der Waals surface area contributed by atoms with Crippen LogP contribution in [0.4, 0.5) is 0 Å². The maximum atomic E-state index is 13.7. The minimum absolute atomic E-state index is 0.205. The SMILES string of the molecule is CCOC(=O)C1=C(C)N=c2s/c(=C\c3ccc(-c4cccc(C(=O)OC)c4)o3)c(=O)n2[C@@H]1c1ccc(Br)cc1. The number of hydrogen-bond donors (Lipinski definition) is 0. The van der Waals surface area contributed by atoms with E-state index in [1.165, 1.54) is 23.0 Å². The molecule has 5 rings (SSSR count). The van der Waals surface area contributed by atoms with Gasteiger partial charge >= 0.3 is 11.9 Å². The molecule has 0 radical (unpaired) electrons. The molecule has 2 aromatic carbocycles. The van der Waals surface area contributed by atoms with Gasteiger partial charge in [-0.2, -0.15) is 0 Å². The number of benzene rings is 2. The number of fused-ring (bicyclic) bond motifs is 1. The lowest BCUT2D eigenvalue weighted by molar-refractivity contribution is -0.139. The van der Waals surface area contributed by atoms with Crippen LogP contribution in [0, 0.1) is 0 Å². The molecule has 0 bridgehead atoms. The Hall–Kier alpha value is -4.02. The van der Waals surface area contributed by atoms with Crippen molar-refractivity contribution in [2.24, 2.45) is 4.99 Å². The Kier molecular flexibility index (Phi) is 7.49. The van der Waals surface area contributed by atoms with Crippen molar-refractivity contribution >= 4 is 45.3 Å². The number of carbonyl (C=O) groups excluding carboxylic acids is 2. The zero-order chi connectivity index (χ0) is 27.7. The maximum absolute atomic E-state index is 13.7. The van der Waals surface area contributed by atoms with E-state index in [1.54, 1.807) is 50.3 Å². The number of rotatable bonds is 6. The second-order valence-corrected chi connectivity index (χ2v) is 10.6. The van der Waals surface area contributed by atoms with E-state index in [4.69, 9.17) is 13.9 Å². The molecule has 0 spiro atoms. The molecule has 0 N–H and O–H groups in total. The number of nitrogens with zero attached hydrogens (tertiary/aromatic N) is 2. The van der Waals surface area contributed by atoms with Crippen LogP contribution < -0.4 is 14.9 Å². The zero-order valence-electron chi connectivity index (χ0n) is 21.3. The van der Waals surface area contributed by atoms with Crippen molar-refractivity contribution in [3.8, 4) is 11.3 Å². The molecule has 0 amide bonds. The van der Waals surface area contributed by atoms with Crippen LogP contribution in [0.25, 0.3) is 17.4 Å². The highest BCUT2D eigenvalue weighted by molar-refractivity contribution is 9.10. The summed E-state index contributed by atoms with van der Waals surface area (Å²) in [5, 5.41) is 0. The highest BCUT2D eigenvalue weighted by Crippen LogP contribution is 2.31. The maximum Gasteiger partial charge on any atom is 0.338 e. The lowest BCUT2D eigenvalue weighted by Crippen LogP contribution is -2.39. The quantitative estimate of drug-likeness (QED) is 0.297. The fraction of sp³-hybridized carbons (Fsp3) is 0.172. The number of aromatic nitrogens is 1. The largest absolute Gasteiger partial charge is 0.465 e. The molecule has 8 nitrogen and oxygen atoms in total. The first-order valence-corrected chi connectivity index (χ1v) is 13.7. The molecule has 2 aromatic heterocycles. The summed E-state index contributed by atoms with van der Waals surface area (Å²) < 4.78 is 18.9. The van der Waals surface area contributed by atoms with Crippen LogP contribution in [0.3, 0.4) is 0 Å². The predicted octanol–water partition coefficient (Wildman–Crippen LogP) is 4.61. The first-order chi connectivity index (χ1) is 18.8. The number of thiazole rings is 1. The number of carbonyl (C=O) groups is 2. The van der Waals surface area contributed by atoms with E-state index in [0.29, 0.717) is 43.3 Å². The summed E-state index contributed by atoms with van der Waals surface area (Å²) in [6.45, 7) is 3.69. The van der Waals surface area contributed by atoms with Crippen molar-refractivity contribution in [1.29, 1.82) is 0 Å². The zero-order valence-corrected chi connectivity index (χ0v) is 23.7. The summed E-state index contributed by atoms with van der Waals surface area (Å²) in [5.41, 5.74) is 2.38. The van der Waals surface area contributed by atoms with Crippen molar-refractivity contribution in [3.63, 3.8) is 0 Å². The Morgan fingerprint density at radius 2 is 1.90 bits per heavy atom. The molecule has 39 heavy (non-hydrogen) atoms. The summed E-state index contributed by atoms with van der Waals surface area (Å²) in [6, 6.07) is 17.2. The van der Waals surface area contributed by atoms with Crippen LogP contribution >= 0.6 is 27.3 Å². The van der Waals surface area contributed by atoms with E-state index < -0.39 is 18.0 Å². The third-order valence-electron chi connectivity index (χ3n) is 6.17. The first-order valence-electron chi connectivity index (χ1n) is 12.0. The molecule has 4 aromatic rings. The van der Waals surface area contributed by atoms with Crippen molar-refractivity contribution in [2.45, 2.75) is 19.9 Å². The van der Waals surface area contributed by atoms with Gasteiger partial charge in [-0.05, 0) is 55.8 Å². The van der Waals surface area contributed by atoms with Crippen molar-refractivity contribution < 1.29 is 23.5 Å². The number of furan rings is 1. The average molecular weight is 607 g/mol. The van der Waals surface area contributed by atoms with Gasteiger partial charge in [0.2, 0.25) is 0 Å². The van der Waals surface area contributed by atoms with E-state index in [2.05, 4.69) is 20.9 Å². The van der Waals surface area contributed by atoms with Crippen LogP contribution in [-0.4, -0.2) is 30.2 Å². The highest BCUT2D eigenvalue weighted by atomic mass is 79.9. The number of esters is 2. The predicted molar refractivity (Wildman–Crippen MR) is 150 cm³/mol. The number of ether oxygens (including phenoxy) is 2. The van der Waals surface area contributed by atoms with Crippen molar-refractivity contribution in [1.82, 2.24) is 4.57 Å². The lowest BCUT2D eigenvalue weighted by atomic mass is 9.96. The Balaban J connectivity index is 1.60. The highest BCUT2D eigenvalue weighted by Gasteiger charge is 2.33. The lowest BCUT2D eigenvalue weighted by Gasteiger charge is -2.24. The second-order valence-electron chi connectivity index (χ2n) is 8.63. The van der Waals surface area contributed by atoms with E-state index >= 15 is 0 Å². The van der Waals surface area contributed by atoms with Gasteiger partial charge < -0.3 is 13.9 Å². The van der Waals surface area contributed by atoms with Crippen LogP contribution in [-0.2, 0) is 14.3 Å². The molecule has 0 saturated heterocycles. The fourth-order valence-corrected chi connectivity index (χ4v) is 5.68. The molecule has 0 saturated carbocycles. The molecule has 1 atom stereocenters. The topological polar surface area (TPSA) is 100 Å². The molecule has 0 fully saturated rings. The average Bonchev–Trinajstić information content (AvgIpc) is 3.52. The van der Waals surface area contributed by atoms with Gasteiger partial charge in [0.15, 0.2) is 4.80 Å². The summed E-state index contributed by atoms with van der Waals surface area (Å²) in [6.07, 6.45) is 1.65. The summed E-state index contributed by atoms with van der Waals surface area (Å²) in [7, 11) is 1.33. The van der Waals surface area contributed by atoms with Gasteiger partial charge in [-0.25, -0.2) is 14.6 Å². The Morgan fingerprint density at radius 1 is 1.13 bits per heavy atom. The standard InChI is InChI=1S/C29H23BrN2O6S/c1-4-37-28(35)24-16(2)31-29-32(25(24)17-8-10-20(30)11-9-17)26(33)23(39-29)15-21-12-13-22(38-21)18-6-5-7-19(14-18)27(34)36-3/h5-15,25H,4H2,1-3H3/b23-15-/t25-/m1/s1. The normalized spacial score (nSPS) is 15.1. The van der Waals surface area contributed by atoms with E-state index in [-0.39, 0.29) is 12.2 Å². The van der Waals surface area contributed by atoms with Crippen molar-refractivity contribution in [2.75, 3.05) is 13.7 Å². The molecule has 0 aliphatic carbocycles. The molecule has 198 valence electrons. The molecule has 3 heterocycles. The van der Waals surface area contributed by atoms with Gasteiger partial charge in [0.05, 0.1) is 41.1 Å². The van der Waals surface area contributed by atoms with Gasteiger partial charge in [-0.1, -0.05) is 51.5 Å². The van der Waals surface area contributed by atoms with Gasteiger partial charge in [0, 0.05) is 16.1 Å². The molecule has 1 aliphatic heterocycles. The molecule has 10 heteroatoms. The number of halogens is 1. The van der Waals surface area contributed by atoms with Gasteiger partial charge in [-0.3, -0.25) is 9.36 Å². The summed E-state index contributed by atoms with van der Waals surface area (Å²) in [5.74, 6) is 0.0431. The third kappa shape index (κ3) is 5.17. The second kappa shape index (κ2) is 11.0. The number of allylic oxidation sites excluding steroid dienone is 1. The monoisotopic (exact) mass is 606 g/mol.